The van der Waals surface area contributed by atoms with E-state index in [9.17, 15) is 22.0 Å². The van der Waals surface area contributed by atoms with E-state index in [1.54, 1.807) is 26.4 Å². The highest BCUT2D eigenvalue weighted by Gasteiger charge is 2.35. The Morgan fingerprint density at radius 1 is 0.719 bits per heavy atom. The van der Waals surface area contributed by atoms with Crippen molar-refractivity contribution in [1.29, 1.82) is 0 Å². The van der Waals surface area contributed by atoms with Crippen LogP contribution in [0.2, 0.25) is 0 Å². The zero-order valence-corrected chi connectivity index (χ0v) is 19.0. The third-order valence-corrected chi connectivity index (χ3v) is 6.10. The van der Waals surface area contributed by atoms with Gasteiger partial charge in [0.15, 0.2) is 29.1 Å². The van der Waals surface area contributed by atoms with Crippen LogP contribution in [-0.4, -0.2) is 20.0 Å². The van der Waals surface area contributed by atoms with E-state index >= 15 is 0 Å². The highest BCUT2D eigenvalue weighted by atomic mass is 19.2. The summed E-state index contributed by atoms with van der Waals surface area (Å²) in [6, 6.07) is 5.94. The first-order chi connectivity index (χ1) is 15.2. The monoisotopic (exact) mass is 458 g/mol. The lowest BCUT2D eigenvalue weighted by Gasteiger charge is -2.35. The first-order valence-electron chi connectivity index (χ1n) is 10.9. The van der Waals surface area contributed by atoms with Gasteiger partial charge >= 0.3 is 0 Å². The second-order valence-electron chi connectivity index (χ2n) is 8.10. The van der Waals surface area contributed by atoms with Crippen LogP contribution in [0.3, 0.4) is 0 Å². The minimum absolute atomic E-state index is 0.101. The summed E-state index contributed by atoms with van der Waals surface area (Å²) in [5, 5.41) is 0. The van der Waals surface area contributed by atoms with Crippen molar-refractivity contribution < 1.29 is 31.4 Å². The predicted molar refractivity (Wildman–Crippen MR) is 115 cm³/mol. The van der Waals surface area contributed by atoms with Crippen LogP contribution in [0.25, 0.3) is 11.1 Å². The molecule has 2 aromatic carbocycles. The molecule has 0 radical (unpaired) electrons. The summed E-state index contributed by atoms with van der Waals surface area (Å²) in [4.78, 5) is 0. The van der Waals surface area contributed by atoms with Crippen LogP contribution in [0.15, 0.2) is 24.3 Å². The van der Waals surface area contributed by atoms with Gasteiger partial charge in [-0.1, -0.05) is 69.7 Å². The molecule has 2 aromatic rings. The number of benzene rings is 2. The Labute approximate surface area is 186 Å². The summed E-state index contributed by atoms with van der Waals surface area (Å²) in [5.41, 5.74) is -0.254. The number of hydrogen-bond acceptors (Lipinski definition) is 2. The molecule has 0 aliphatic carbocycles. The number of rotatable bonds is 12. The molecule has 2 nitrogen and oxygen atoms in total. The number of ether oxygens (including phenoxy) is 2. The van der Waals surface area contributed by atoms with E-state index in [1.807, 2.05) is 6.92 Å². The molecule has 0 spiro atoms. The fourth-order valence-electron chi connectivity index (χ4n) is 3.97. The second kappa shape index (κ2) is 11.8. The first-order valence-corrected chi connectivity index (χ1v) is 10.9. The van der Waals surface area contributed by atoms with Gasteiger partial charge in [-0.05, 0) is 24.5 Å². The van der Waals surface area contributed by atoms with Crippen molar-refractivity contribution in [3.63, 3.8) is 0 Å². The molecule has 0 amide bonds. The second-order valence-corrected chi connectivity index (χ2v) is 8.10. The van der Waals surface area contributed by atoms with Crippen molar-refractivity contribution in [2.45, 2.75) is 70.5 Å². The van der Waals surface area contributed by atoms with Crippen LogP contribution >= 0.6 is 0 Å². The highest BCUT2D eigenvalue weighted by Crippen LogP contribution is 2.38. The fraction of sp³-hybridized carbons (Fsp3) is 0.520. The smallest absolute Gasteiger partial charge is 0.200 e. The van der Waals surface area contributed by atoms with E-state index in [-0.39, 0.29) is 11.5 Å². The molecular formula is C25H31F5O2. The summed E-state index contributed by atoms with van der Waals surface area (Å²) < 4.78 is 80.1. The maximum atomic E-state index is 14.2. The van der Waals surface area contributed by atoms with Crippen LogP contribution in [-0.2, 0) is 9.47 Å². The molecule has 0 saturated carbocycles. The molecule has 0 bridgehead atoms. The Kier molecular flexibility index (Phi) is 9.64. The molecular weight excluding hydrogens is 427 g/mol. The van der Waals surface area contributed by atoms with Crippen molar-refractivity contribution in [1.82, 2.24) is 0 Å². The van der Waals surface area contributed by atoms with Crippen molar-refractivity contribution in [2.24, 2.45) is 0 Å². The molecule has 0 fully saturated rings. The molecule has 0 aromatic heterocycles. The first kappa shape index (κ1) is 26.3. The van der Waals surface area contributed by atoms with E-state index in [4.69, 9.17) is 9.47 Å². The van der Waals surface area contributed by atoms with E-state index in [2.05, 4.69) is 6.92 Å². The van der Waals surface area contributed by atoms with Gasteiger partial charge in [-0.25, -0.2) is 22.0 Å². The largest absolute Gasteiger partial charge is 0.353 e. The van der Waals surface area contributed by atoms with Crippen molar-refractivity contribution in [3.8, 4) is 11.1 Å². The average Bonchev–Trinajstić information content (AvgIpc) is 2.81. The minimum Gasteiger partial charge on any atom is -0.353 e. The van der Waals surface area contributed by atoms with Crippen LogP contribution in [0, 0.1) is 29.1 Å². The molecule has 0 saturated heterocycles. The van der Waals surface area contributed by atoms with Crippen LogP contribution < -0.4 is 0 Å². The van der Waals surface area contributed by atoms with E-state index in [0.29, 0.717) is 0 Å². The maximum absolute atomic E-state index is 14.2. The Bertz CT molecular complexity index is 850. The third kappa shape index (κ3) is 5.67. The zero-order chi connectivity index (χ0) is 23.9. The number of halogens is 5. The van der Waals surface area contributed by atoms with Gasteiger partial charge in [0.2, 0.25) is 5.82 Å². The third-order valence-electron chi connectivity index (χ3n) is 6.10. The summed E-state index contributed by atoms with van der Waals surface area (Å²) in [7, 11) is 3.09. The summed E-state index contributed by atoms with van der Waals surface area (Å²) in [6.07, 6.45) is 7.45. The van der Waals surface area contributed by atoms with Crippen LogP contribution in [0.5, 0.6) is 0 Å². The lowest BCUT2D eigenvalue weighted by molar-refractivity contribution is -0.210. The molecule has 0 aliphatic heterocycles. The van der Waals surface area contributed by atoms with Gasteiger partial charge in [-0.3, -0.25) is 0 Å². The van der Waals surface area contributed by atoms with E-state index in [1.165, 1.54) is 31.4 Å². The quantitative estimate of drug-likeness (QED) is 0.106. The number of hydrogen-bond donors (Lipinski definition) is 0. The minimum atomic E-state index is -2.17. The van der Waals surface area contributed by atoms with Gasteiger partial charge in [-0.2, -0.15) is 0 Å². The molecule has 1 unspecified atom stereocenters. The Balaban J connectivity index is 2.32. The Morgan fingerprint density at radius 3 is 1.69 bits per heavy atom. The van der Waals surface area contributed by atoms with E-state index < -0.39 is 40.4 Å². The summed E-state index contributed by atoms with van der Waals surface area (Å²) >= 11 is 0. The summed E-state index contributed by atoms with van der Waals surface area (Å²) in [5.74, 6) is -10.9. The maximum Gasteiger partial charge on any atom is 0.200 e. The number of unbranched alkanes of at least 4 members (excludes halogenated alkanes) is 5. The molecule has 0 N–H and O–H groups in total. The Morgan fingerprint density at radius 2 is 1.19 bits per heavy atom. The lowest BCUT2D eigenvalue weighted by atomic mass is 9.85. The van der Waals surface area contributed by atoms with Gasteiger partial charge < -0.3 is 9.47 Å². The summed E-state index contributed by atoms with van der Waals surface area (Å²) in [6.45, 7) is 3.97. The molecule has 0 aliphatic rings. The molecule has 7 heteroatoms. The normalized spacial score (nSPS) is 12.9. The standard InChI is InChI=1S/C25H31F5O2/c1-5-6-7-8-9-10-11-18(25(2,31-3)32-4)16-12-14-17(15-13-16)19-20(26)22(28)24(30)23(29)21(19)27/h12-15,18H,5-11H2,1-4H3. The van der Waals surface area contributed by atoms with Crippen molar-refractivity contribution in [3.05, 3.63) is 58.9 Å². The van der Waals surface area contributed by atoms with Crippen LogP contribution in [0.1, 0.15) is 70.3 Å². The molecule has 178 valence electrons. The van der Waals surface area contributed by atoms with Gasteiger partial charge in [0, 0.05) is 20.1 Å². The average molecular weight is 459 g/mol. The lowest BCUT2D eigenvalue weighted by Crippen LogP contribution is -2.37. The van der Waals surface area contributed by atoms with Gasteiger partial charge in [0.05, 0.1) is 5.56 Å². The predicted octanol–water partition coefficient (Wildman–Crippen LogP) is 7.89. The fourth-order valence-corrected chi connectivity index (χ4v) is 3.97. The van der Waals surface area contributed by atoms with Gasteiger partial charge in [-0.15, -0.1) is 0 Å². The topological polar surface area (TPSA) is 18.5 Å². The highest BCUT2D eigenvalue weighted by molar-refractivity contribution is 5.65. The van der Waals surface area contributed by atoms with Gasteiger partial charge in [0.25, 0.3) is 0 Å². The SMILES string of the molecule is CCCCCCCCC(c1ccc(-c2c(F)c(F)c(F)c(F)c2F)cc1)C(C)(OC)OC. The van der Waals surface area contributed by atoms with E-state index in [0.717, 1.165) is 31.2 Å². The van der Waals surface area contributed by atoms with Gasteiger partial charge in [0.1, 0.15) is 0 Å². The molecule has 1 atom stereocenters. The number of methoxy groups -OCH3 is 2. The van der Waals surface area contributed by atoms with Crippen molar-refractivity contribution in [2.75, 3.05) is 14.2 Å². The molecule has 0 heterocycles. The Hall–Kier alpha value is -1.99. The van der Waals surface area contributed by atoms with Crippen LogP contribution in [0.4, 0.5) is 22.0 Å². The van der Waals surface area contributed by atoms with Crippen molar-refractivity contribution >= 4 is 0 Å². The zero-order valence-electron chi connectivity index (χ0n) is 19.0. The molecule has 2 rings (SSSR count). The molecule has 32 heavy (non-hydrogen) atoms.